The van der Waals surface area contributed by atoms with Crippen LogP contribution in [-0.2, 0) is 30.4 Å². The SMILES string of the molecule is CC(=O)NC(Cc1ccccc1)C(=O)NC(C)C(=O)NC(CCC(=O)O)C(N)=O. The lowest BCUT2D eigenvalue weighted by molar-refractivity contribution is -0.138. The highest BCUT2D eigenvalue weighted by Crippen LogP contribution is 2.04. The van der Waals surface area contributed by atoms with Crippen LogP contribution in [0.3, 0.4) is 0 Å². The molecule has 0 saturated heterocycles. The van der Waals surface area contributed by atoms with Crippen LogP contribution in [-0.4, -0.2) is 52.8 Å². The highest BCUT2D eigenvalue weighted by molar-refractivity contribution is 5.93. The van der Waals surface area contributed by atoms with Crippen LogP contribution in [0.4, 0.5) is 0 Å². The zero-order valence-electron chi connectivity index (χ0n) is 16.3. The normalized spacial score (nSPS) is 13.4. The average molecular weight is 406 g/mol. The number of carboxylic acids is 1. The van der Waals surface area contributed by atoms with Gasteiger partial charge in [0.05, 0.1) is 0 Å². The molecule has 0 aliphatic heterocycles. The van der Waals surface area contributed by atoms with E-state index < -0.39 is 47.7 Å². The van der Waals surface area contributed by atoms with Crippen LogP contribution in [0, 0.1) is 0 Å². The highest BCUT2D eigenvalue weighted by Gasteiger charge is 2.26. The van der Waals surface area contributed by atoms with E-state index in [1.54, 1.807) is 24.3 Å². The van der Waals surface area contributed by atoms with Gasteiger partial charge in [0.1, 0.15) is 18.1 Å². The van der Waals surface area contributed by atoms with Crippen molar-refractivity contribution in [1.82, 2.24) is 16.0 Å². The first-order valence-electron chi connectivity index (χ1n) is 9.03. The summed E-state index contributed by atoms with van der Waals surface area (Å²) in [4.78, 5) is 58.3. The summed E-state index contributed by atoms with van der Waals surface area (Å²) in [6.45, 7) is 2.68. The fraction of sp³-hybridized carbons (Fsp3) is 0.421. The first-order chi connectivity index (χ1) is 13.6. The first-order valence-corrected chi connectivity index (χ1v) is 9.03. The molecule has 1 aromatic rings. The molecule has 0 aromatic heterocycles. The van der Waals surface area contributed by atoms with Crippen molar-refractivity contribution >= 4 is 29.6 Å². The molecule has 3 atom stereocenters. The van der Waals surface area contributed by atoms with Crippen LogP contribution in [0.15, 0.2) is 30.3 Å². The molecule has 29 heavy (non-hydrogen) atoms. The van der Waals surface area contributed by atoms with Crippen molar-refractivity contribution in [1.29, 1.82) is 0 Å². The molecule has 0 aliphatic carbocycles. The summed E-state index contributed by atoms with van der Waals surface area (Å²) < 4.78 is 0. The predicted octanol–water partition coefficient (Wildman–Crippen LogP) is -0.927. The standard InChI is InChI=1S/C19H26N4O6/c1-11(18(28)23-14(17(20)27)8-9-16(25)26)21-19(29)15(22-12(2)24)10-13-6-4-3-5-7-13/h3-7,11,14-15H,8-10H2,1-2H3,(H2,20,27)(H,21,29)(H,22,24)(H,23,28)(H,25,26). The van der Waals surface area contributed by atoms with Crippen molar-refractivity contribution in [3.05, 3.63) is 35.9 Å². The second-order valence-corrected chi connectivity index (χ2v) is 6.57. The number of amides is 4. The van der Waals surface area contributed by atoms with Gasteiger partial charge in [-0.1, -0.05) is 30.3 Å². The maximum absolute atomic E-state index is 12.6. The minimum Gasteiger partial charge on any atom is -0.481 e. The van der Waals surface area contributed by atoms with Gasteiger partial charge >= 0.3 is 5.97 Å². The van der Waals surface area contributed by atoms with Gasteiger partial charge in [-0.15, -0.1) is 0 Å². The summed E-state index contributed by atoms with van der Waals surface area (Å²) in [7, 11) is 0. The quantitative estimate of drug-likeness (QED) is 0.318. The Balaban J connectivity index is 2.73. The number of aliphatic carboxylic acids is 1. The van der Waals surface area contributed by atoms with Crippen LogP contribution in [0.2, 0.25) is 0 Å². The minimum atomic E-state index is -1.17. The van der Waals surface area contributed by atoms with Crippen LogP contribution in [0.25, 0.3) is 0 Å². The van der Waals surface area contributed by atoms with Crippen molar-refractivity contribution in [3.8, 4) is 0 Å². The monoisotopic (exact) mass is 406 g/mol. The van der Waals surface area contributed by atoms with Gasteiger partial charge in [0.15, 0.2) is 0 Å². The molecular formula is C19H26N4O6. The number of carbonyl (C=O) groups is 5. The average Bonchev–Trinajstić information content (AvgIpc) is 2.64. The molecule has 0 aliphatic rings. The lowest BCUT2D eigenvalue weighted by Gasteiger charge is -2.22. The van der Waals surface area contributed by atoms with Crippen LogP contribution in [0.1, 0.15) is 32.3 Å². The van der Waals surface area contributed by atoms with Crippen LogP contribution < -0.4 is 21.7 Å². The van der Waals surface area contributed by atoms with Crippen molar-refractivity contribution in [2.75, 3.05) is 0 Å². The van der Waals surface area contributed by atoms with E-state index in [9.17, 15) is 24.0 Å². The smallest absolute Gasteiger partial charge is 0.303 e. The summed E-state index contributed by atoms with van der Waals surface area (Å²) in [6, 6.07) is 5.92. The van der Waals surface area contributed by atoms with E-state index in [4.69, 9.17) is 10.8 Å². The largest absolute Gasteiger partial charge is 0.481 e. The van der Waals surface area contributed by atoms with E-state index in [0.29, 0.717) is 0 Å². The lowest BCUT2D eigenvalue weighted by Crippen LogP contribution is -2.55. The van der Waals surface area contributed by atoms with Gasteiger partial charge in [-0.05, 0) is 18.9 Å². The minimum absolute atomic E-state index is 0.167. The molecule has 1 rings (SSSR count). The fourth-order valence-corrected chi connectivity index (χ4v) is 2.53. The Kier molecular flexibility index (Phi) is 9.30. The molecule has 10 nitrogen and oxygen atoms in total. The Morgan fingerprint density at radius 3 is 2.10 bits per heavy atom. The molecule has 0 fully saturated rings. The zero-order chi connectivity index (χ0) is 22.0. The predicted molar refractivity (Wildman–Crippen MR) is 103 cm³/mol. The first kappa shape index (κ1) is 23.6. The Bertz CT molecular complexity index is 752. The third-order valence-electron chi connectivity index (χ3n) is 4.04. The molecule has 0 saturated carbocycles. The van der Waals surface area contributed by atoms with E-state index in [1.165, 1.54) is 13.8 Å². The van der Waals surface area contributed by atoms with Crippen molar-refractivity contribution in [2.45, 2.75) is 51.2 Å². The number of hydrogen-bond acceptors (Lipinski definition) is 5. The number of hydrogen-bond donors (Lipinski definition) is 5. The molecule has 0 heterocycles. The van der Waals surface area contributed by atoms with E-state index >= 15 is 0 Å². The van der Waals surface area contributed by atoms with Gasteiger partial charge in [0.2, 0.25) is 23.6 Å². The number of nitrogens with two attached hydrogens (primary N) is 1. The number of carbonyl (C=O) groups excluding carboxylic acids is 4. The molecule has 6 N–H and O–H groups in total. The van der Waals surface area contributed by atoms with Gasteiger partial charge in [0.25, 0.3) is 0 Å². The molecule has 158 valence electrons. The summed E-state index contributed by atoms with van der Waals surface area (Å²) >= 11 is 0. The molecule has 3 unspecified atom stereocenters. The van der Waals surface area contributed by atoms with E-state index in [1.807, 2.05) is 6.07 Å². The topological polar surface area (TPSA) is 168 Å². The summed E-state index contributed by atoms with van der Waals surface area (Å²) in [5, 5.41) is 16.1. The maximum Gasteiger partial charge on any atom is 0.303 e. The van der Waals surface area contributed by atoms with Gasteiger partial charge in [0, 0.05) is 19.8 Å². The number of rotatable bonds is 11. The number of primary amides is 1. The summed E-state index contributed by atoms with van der Waals surface area (Å²) in [6.07, 6.45) is -0.293. The third kappa shape index (κ3) is 8.87. The van der Waals surface area contributed by atoms with E-state index in [0.717, 1.165) is 5.56 Å². The van der Waals surface area contributed by atoms with Crippen LogP contribution >= 0.6 is 0 Å². The number of carboxylic acid groups (broad SMARTS) is 1. The van der Waals surface area contributed by atoms with Gasteiger partial charge in [-0.2, -0.15) is 0 Å². The number of nitrogens with one attached hydrogen (secondary N) is 3. The lowest BCUT2D eigenvalue weighted by atomic mass is 10.0. The molecule has 0 bridgehead atoms. The van der Waals surface area contributed by atoms with Crippen molar-refractivity contribution in [2.24, 2.45) is 5.73 Å². The Morgan fingerprint density at radius 2 is 1.59 bits per heavy atom. The Hall–Kier alpha value is -3.43. The van der Waals surface area contributed by atoms with E-state index in [2.05, 4.69) is 16.0 Å². The van der Waals surface area contributed by atoms with Crippen LogP contribution in [0.5, 0.6) is 0 Å². The second kappa shape index (κ2) is 11.4. The fourth-order valence-electron chi connectivity index (χ4n) is 2.53. The molecule has 1 aromatic carbocycles. The highest BCUT2D eigenvalue weighted by atomic mass is 16.4. The molecule has 0 spiro atoms. The second-order valence-electron chi connectivity index (χ2n) is 6.57. The maximum atomic E-state index is 12.6. The molecular weight excluding hydrogens is 380 g/mol. The Labute approximate surface area is 168 Å². The summed E-state index contributed by atoms with van der Waals surface area (Å²) in [5.74, 6) is -3.69. The van der Waals surface area contributed by atoms with E-state index in [-0.39, 0.29) is 19.3 Å². The van der Waals surface area contributed by atoms with Crippen molar-refractivity contribution in [3.63, 3.8) is 0 Å². The zero-order valence-corrected chi connectivity index (χ0v) is 16.3. The van der Waals surface area contributed by atoms with Gasteiger partial charge in [-0.3, -0.25) is 24.0 Å². The van der Waals surface area contributed by atoms with Gasteiger partial charge in [-0.25, -0.2) is 0 Å². The third-order valence-corrected chi connectivity index (χ3v) is 4.04. The molecule has 10 heteroatoms. The molecule has 4 amide bonds. The number of benzene rings is 1. The van der Waals surface area contributed by atoms with Gasteiger partial charge < -0.3 is 26.8 Å². The summed E-state index contributed by atoms with van der Waals surface area (Å²) in [5.41, 5.74) is 6.00. The van der Waals surface area contributed by atoms with Crippen molar-refractivity contribution < 1.29 is 29.1 Å². The Morgan fingerprint density at radius 1 is 0.966 bits per heavy atom. The molecule has 0 radical (unpaired) electrons.